The molecule has 0 aromatic carbocycles. The summed E-state index contributed by atoms with van der Waals surface area (Å²) in [6.07, 6.45) is 4.11. The maximum Gasteiger partial charge on any atom is 0.152 e. The molecule has 5 nitrogen and oxygen atoms in total. The highest BCUT2D eigenvalue weighted by molar-refractivity contribution is 7.91. The molecule has 2 fully saturated rings. The van der Waals surface area contributed by atoms with Crippen molar-refractivity contribution in [3.63, 3.8) is 0 Å². The van der Waals surface area contributed by atoms with Crippen LogP contribution in [0.3, 0.4) is 0 Å². The third-order valence-electron chi connectivity index (χ3n) is 4.80. The molecule has 1 aliphatic carbocycles. The van der Waals surface area contributed by atoms with E-state index in [9.17, 15) is 13.7 Å². The van der Waals surface area contributed by atoms with Crippen LogP contribution in [0, 0.1) is 17.2 Å². The fourth-order valence-electron chi connectivity index (χ4n) is 3.67. The van der Waals surface area contributed by atoms with Crippen molar-refractivity contribution < 1.29 is 8.42 Å². The molecule has 0 spiro atoms. The monoisotopic (exact) mass is 313 g/mol. The van der Waals surface area contributed by atoms with Crippen molar-refractivity contribution in [2.45, 2.75) is 51.1 Å². The molecule has 0 bridgehead atoms. The van der Waals surface area contributed by atoms with E-state index in [2.05, 4.69) is 30.1 Å². The Morgan fingerprint density at radius 3 is 2.62 bits per heavy atom. The highest BCUT2D eigenvalue weighted by Gasteiger charge is 2.43. The van der Waals surface area contributed by atoms with Crippen molar-refractivity contribution in [1.82, 2.24) is 10.2 Å². The van der Waals surface area contributed by atoms with E-state index < -0.39 is 9.84 Å². The van der Waals surface area contributed by atoms with Gasteiger partial charge in [0.25, 0.3) is 0 Å². The van der Waals surface area contributed by atoms with Gasteiger partial charge in [0.2, 0.25) is 0 Å². The second-order valence-electron chi connectivity index (χ2n) is 6.75. The van der Waals surface area contributed by atoms with Crippen molar-refractivity contribution in [3.05, 3.63) is 0 Å². The summed E-state index contributed by atoms with van der Waals surface area (Å²) in [5.41, 5.74) is -0.379. The maximum absolute atomic E-state index is 11.4. The molecule has 2 rings (SSSR count). The van der Waals surface area contributed by atoms with Gasteiger partial charge in [-0.05, 0) is 45.6 Å². The lowest BCUT2D eigenvalue weighted by atomic mass is 9.85. The van der Waals surface area contributed by atoms with Gasteiger partial charge in [-0.25, -0.2) is 8.42 Å². The van der Waals surface area contributed by atoms with Gasteiger partial charge in [-0.1, -0.05) is 6.42 Å². The molecule has 2 unspecified atom stereocenters. The molecular weight excluding hydrogens is 286 g/mol. The Morgan fingerprint density at radius 1 is 1.38 bits per heavy atom. The smallest absolute Gasteiger partial charge is 0.152 e. The molecule has 21 heavy (non-hydrogen) atoms. The third kappa shape index (κ3) is 4.18. The van der Waals surface area contributed by atoms with E-state index in [0.29, 0.717) is 25.0 Å². The fourth-order valence-corrected chi connectivity index (χ4v) is 4.94. The van der Waals surface area contributed by atoms with Gasteiger partial charge < -0.3 is 4.90 Å². The third-order valence-corrected chi connectivity index (χ3v) is 6.41. The molecule has 2 atom stereocenters. The van der Waals surface area contributed by atoms with Gasteiger partial charge in [0.15, 0.2) is 9.84 Å². The van der Waals surface area contributed by atoms with Gasteiger partial charge in [-0.15, -0.1) is 0 Å². The van der Waals surface area contributed by atoms with Gasteiger partial charge >= 0.3 is 0 Å². The number of sulfone groups is 1. The number of nitriles is 1. The van der Waals surface area contributed by atoms with E-state index in [4.69, 9.17) is 0 Å². The Labute approximate surface area is 128 Å². The molecule has 0 amide bonds. The molecule has 1 aliphatic heterocycles. The number of nitrogens with zero attached hydrogens (tertiary/aromatic N) is 2. The van der Waals surface area contributed by atoms with E-state index in [1.165, 1.54) is 0 Å². The van der Waals surface area contributed by atoms with E-state index in [1.807, 2.05) is 0 Å². The zero-order valence-electron chi connectivity index (χ0n) is 13.1. The average Bonchev–Trinajstić information content (AvgIpc) is 2.80. The van der Waals surface area contributed by atoms with Crippen molar-refractivity contribution in [3.8, 4) is 6.07 Å². The van der Waals surface area contributed by atoms with Crippen LogP contribution in [0.4, 0.5) is 0 Å². The summed E-state index contributed by atoms with van der Waals surface area (Å²) in [6.45, 7) is 6.37. The van der Waals surface area contributed by atoms with Crippen LogP contribution in [0.25, 0.3) is 0 Å². The molecule has 0 aromatic rings. The molecule has 1 heterocycles. The lowest BCUT2D eigenvalue weighted by molar-refractivity contribution is 0.226. The second-order valence-corrected chi connectivity index (χ2v) is 9.06. The zero-order chi connectivity index (χ0) is 15.5. The van der Waals surface area contributed by atoms with Crippen LogP contribution >= 0.6 is 0 Å². The van der Waals surface area contributed by atoms with Crippen LogP contribution in [-0.4, -0.2) is 56.0 Å². The lowest BCUT2D eigenvalue weighted by Crippen LogP contribution is -2.51. The molecule has 1 N–H and O–H groups in total. The van der Waals surface area contributed by atoms with Crippen LogP contribution in [-0.2, 0) is 9.84 Å². The Kier molecular flexibility index (Phi) is 5.29. The predicted octanol–water partition coefficient (Wildman–Crippen LogP) is 1.17. The molecule has 120 valence electrons. The van der Waals surface area contributed by atoms with E-state index in [-0.39, 0.29) is 17.0 Å². The van der Waals surface area contributed by atoms with Crippen molar-refractivity contribution >= 4 is 9.84 Å². The van der Waals surface area contributed by atoms with Crippen LogP contribution in [0.5, 0.6) is 0 Å². The standard InChI is InChI=1S/C15H27N3O2S/c1-13(2)17-15(12-16)6-3-4-14(15)5-7-18-8-10-21(19,20)11-9-18/h13-14,17H,3-11H2,1-2H3. The molecule has 6 heteroatoms. The molecule has 2 aliphatic rings. The zero-order valence-corrected chi connectivity index (χ0v) is 14.0. The highest BCUT2D eigenvalue weighted by Crippen LogP contribution is 2.38. The quantitative estimate of drug-likeness (QED) is 0.825. The minimum absolute atomic E-state index is 0.283. The Hall–Kier alpha value is -0.640. The Bertz CT molecular complexity index is 484. The van der Waals surface area contributed by atoms with Crippen LogP contribution in [0.1, 0.15) is 39.5 Å². The SMILES string of the molecule is CC(C)NC1(C#N)CCCC1CCN1CCS(=O)(=O)CC1. The summed E-state index contributed by atoms with van der Waals surface area (Å²) in [4.78, 5) is 2.23. The summed E-state index contributed by atoms with van der Waals surface area (Å²) in [7, 11) is -2.80. The molecule has 1 saturated heterocycles. The minimum atomic E-state index is -2.80. The number of nitrogens with one attached hydrogen (secondary N) is 1. The van der Waals surface area contributed by atoms with Crippen molar-refractivity contribution in [2.24, 2.45) is 5.92 Å². The van der Waals surface area contributed by atoms with Gasteiger partial charge in [0.1, 0.15) is 5.54 Å². The van der Waals surface area contributed by atoms with Gasteiger partial charge in [-0.3, -0.25) is 5.32 Å². The highest BCUT2D eigenvalue weighted by atomic mass is 32.2. The van der Waals surface area contributed by atoms with Gasteiger partial charge in [0.05, 0.1) is 17.6 Å². The lowest BCUT2D eigenvalue weighted by Gasteiger charge is -2.34. The van der Waals surface area contributed by atoms with Crippen LogP contribution < -0.4 is 5.32 Å². The Morgan fingerprint density at radius 2 is 2.05 bits per heavy atom. The summed E-state index contributed by atoms with van der Waals surface area (Å²) >= 11 is 0. The fraction of sp³-hybridized carbons (Fsp3) is 0.933. The van der Waals surface area contributed by atoms with E-state index in [1.54, 1.807) is 0 Å². The molecule has 0 aromatic heterocycles. The minimum Gasteiger partial charge on any atom is -0.301 e. The maximum atomic E-state index is 11.4. The Balaban J connectivity index is 1.89. The molecular formula is C15H27N3O2S. The van der Waals surface area contributed by atoms with Gasteiger partial charge in [-0.2, -0.15) is 5.26 Å². The van der Waals surface area contributed by atoms with Crippen LogP contribution in [0.15, 0.2) is 0 Å². The normalized spacial score (nSPS) is 33.1. The van der Waals surface area contributed by atoms with E-state index in [0.717, 1.165) is 32.2 Å². The summed E-state index contributed by atoms with van der Waals surface area (Å²) in [6, 6.07) is 2.84. The second kappa shape index (κ2) is 6.64. The summed E-state index contributed by atoms with van der Waals surface area (Å²) in [5.74, 6) is 0.944. The molecule has 1 saturated carbocycles. The number of rotatable bonds is 5. The van der Waals surface area contributed by atoms with Crippen LogP contribution in [0.2, 0.25) is 0 Å². The molecule has 0 radical (unpaired) electrons. The number of hydrogen-bond donors (Lipinski definition) is 1. The first-order chi connectivity index (χ1) is 9.87. The first-order valence-corrected chi connectivity index (χ1v) is 9.81. The van der Waals surface area contributed by atoms with E-state index >= 15 is 0 Å². The van der Waals surface area contributed by atoms with Gasteiger partial charge in [0, 0.05) is 19.1 Å². The average molecular weight is 313 g/mol. The van der Waals surface area contributed by atoms with Crippen molar-refractivity contribution in [2.75, 3.05) is 31.1 Å². The number of hydrogen-bond acceptors (Lipinski definition) is 5. The topological polar surface area (TPSA) is 73.2 Å². The first kappa shape index (κ1) is 16.7. The predicted molar refractivity (Wildman–Crippen MR) is 83.7 cm³/mol. The largest absolute Gasteiger partial charge is 0.301 e. The van der Waals surface area contributed by atoms with Crippen molar-refractivity contribution in [1.29, 1.82) is 5.26 Å². The summed E-state index contributed by atoms with van der Waals surface area (Å²) in [5, 5.41) is 13.1. The summed E-state index contributed by atoms with van der Waals surface area (Å²) < 4.78 is 22.9. The first-order valence-electron chi connectivity index (χ1n) is 7.99.